The molecule has 0 amide bonds. The lowest BCUT2D eigenvalue weighted by molar-refractivity contribution is 0.348. The maximum absolute atomic E-state index is 5.83. The van der Waals surface area contributed by atoms with Crippen LogP contribution in [-0.4, -0.2) is 37.5 Å². The van der Waals surface area contributed by atoms with Gasteiger partial charge in [0.2, 0.25) is 11.8 Å². The predicted molar refractivity (Wildman–Crippen MR) is 102 cm³/mol. The second-order valence-electron chi connectivity index (χ2n) is 5.33. The molecule has 7 nitrogen and oxygen atoms in total. The number of methoxy groups -OCH3 is 3. The number of ether oxygens (including phenoxy) is 4. The van der Waals surface area contributed by atoms with Gasteiger partial charge in [0.1, 0.15) is 11.5 Å². The molecule has 0 saturated carbocycles. The molecule has 3 rings (SSSR count). The Hall–Kier alpha value is -3.61. The van der Waals surface area contributed by atoms with Crippen LogP contribution < -0.4 is 18.9 Å². The van der Waals surface area contributed by atoms with Crippen LogP contribution in [0.5, 0.6) is 29.3 Å². The molecule has 0 saturated heterocycles. The van der Waals surface area contributed by atoms with Crippen molar-refractivity contribution >= 4 is 11.9 Å². The van der Waals surface area contributed by atoms with E-state index in [4.69, 9.17) is 18.9 Å². The van der Waals surface area contributed by atoms with Gasteiger partial charge in [-0.2, -0.15) is 9.97 Å². The molecule has 0 aliphatic heterocycles. The lowest BCUT2D eigenvalue weighted by Crippen LogP contribution is -1.99. The van der Waals surface area contributed by atoms with E-state index < -0.39 is 0 Å². The Balaban J connectivity index is 1.87. The summed E-state index contributed by atoms with van der Waals surface area (Å²) in [6.45, 7) is 0. The molecule has 1 aromatic heterocycles. The molecule has 0 fully saturated rings. The first-order valence-electron chi connectivity index (χ1n) is 8.14. The van der Waals surface area contributed by atoms with E-state index in [0.717, 1.165) is 17.0 Å². The lowest BCUT2D eigenvalue weighted by atomic mass is 10.2. The largest absolute Gasteiger partial charge is 0.497 e. The molecule has 3 aromatic rings. The first kappa shape index (κ1) is 18.2. The van der Waals surface area contributed by atoms with Gasteiger partial charge in [0.05, 0.1) is 33.1 Å². The maximum atomic E-state index is 5.83. The van der Waals surface area contributed by atoms with Crippen LogP contribution in [0.25, 0.3) is 0 Å². The number of aliphatic imine (C=N–C) groups is 1. The zero-order valence-electron chi connectivity index (χ0n) is 15.2. The van der Waals surface area contributed by atoms with Crippen molar-refractivity contribution in [2.75, 3.05) is 21.3 Å². The first-order chi connectivity index (χ1) is 13.2. The van der Waals surface area contributed by atoms with E-state index in [9.17, 15) is 0 Å². The number of rotatable bonds is 7. The molecule has 1 heterocycles. The molecule has 0 radical (unpaired) electrons. The summed E-state index contributed by atoms with van der Waals surface area (Å²) in [5.41, 5.74) is 1.54. The van der Waals surface area contributed by atoms with E-state index in [1.165, 1.54) is 14.2 Å². The third-order valence-electron chi connectivity index (χ3n) is 3.60. The molecule has 0 atom stereocenters. The highest BCUT2D eigenvalue weighted by Crippen LogP contribution is 2.26. The third-order valence-corrected chi connectivity index (χ3v) is 3.60. The van der Waals surface area contributed by atoms with Gasteiger partial charge in [-0.3, -0.25) is 4.99 Å². The Labute approximate surface area is 157 Å². The van der Waals surface area contributed by atoms with E-state index >= 15 is 0 Å². The Kier molecular flexibility index (Phi) is 5.84. The highest BCUT2D eigenvalue weighted by atomic mass is 16.5. The lowest BCUT2D eigenvalue weighted by Gasteiger charge is -2.09. The summed E-state index contributed by atoms with van der Waals surface area (Å²) in [7, 11) is 4.65. The Morgan fingerprint density at radius 2 is 1.56 bits per heavy atom. The van der Waals surface area contributed by atoms with Crippen LogP contribution in [0.1, 0.15) is 5.56 Å². The summed E-state index contributed by atoms with van der Waals surface area (Å²) in [5, 5.41) is 0. The molecule has 0 aliphatic carbocycles. The van der Waals surface area contributed by atoms with E-state index in [1.54, 1.807) is 19.4 Å². The highest BCUT2D eigenvalue weighted by molar-refractivity contribution is 5.85. The van der Waals surface area contributed by atoms with Crippen LogP contribution in [0, 0.1) is 0 Å². The van der Waals surface area contributed by atoms with Crippen molar-refractivity contribution < 1.29 is 18.9 Å². The van der Waals surface area contributed by atoms with Gasteiger partial charge in [-0.15, -0.1) is 0 Å². The summed E-state index contributed by atoms with van der Waals surface area (Å²) in [6.07, 6.45) is 1.71. The summed E-state index contributed by atoms with van der Waals surface area (Å²) in [5.74, 6) is 1.99. The van der Waals surface area contributed by atoms with Crippen molar-refractivity contribution in [3.63, 3.8) is 0 Å². The summed E-state index contributed by atoms with van der Waals surface area (Å²) >= 11 is 0. The third kappa shape index (κ3) is 4.72. The van der Waals surface area contributed by atoms with Gasteiger partial charge in [-0.05, 0) is 24.3 Å². The number of hydrogen-bond acceptors (Lipinski definition) is 7. The Morgan fingerprint density at radius 1 is 0.815 bits per heavy atom. The molecule has 0 spiro atoms. The molecule has 0 bridgehead atoms. The van der Waals surface area contributed by atoms with E-state index in [0.29, 0.717) is 17.5 Å². The zero-order valence-corrected chi connectivity index (χ0v) is 15.2. The maximum Gasteiger partial charge on any atom is 0.328 e. The minimum absolute atomic E-state index is 0.119. The number of nitrogens with zero attached hydrogens (tertiary/aromatic N) is 3. The van der Waals surface area contributed by atoms with Gasteiger partial charge < -0.3 is 18.9 Å². The van der Waals surface area contributed by atoms with Crippen LogP contribution in [0.3, 0.4) is 0 Å². The quantitative estimate of drug-likeness (QED) is 0.588. The van der Waals surface area contributed by atoms with Gasteiger partial charge in [0.15, 0.2) is 0 Å². The molecular formula is C20H19N3O4. The highest BCUT2D eigenvalue weighted by Gasteiger charge is 2.09. The number of hydrogen-bond donors (Lipinski definition) is 0. The van der Waals surface area contributed by atoms with Crippen molar-refractivity contribution in [3.05, 3.63) is 60.2 Å². The average Bonchev–Trinajstić information content (AvgIpc) is 2.73. The van der Waals surface area contributed by atoms with E-state index in [1.807, 2.05) is 48.5 Å². The molecule has 0 unspecified atom stereocenters. The summed E-state index contributed by atoms with van der Waals surface area (Å²) < 4.78 is 21.3. The zero-order chi connectivity index (χ0) is 19.1. The smallest absolute Gasteiger partial charge is 0.328 e. The second kappa shape index (κ2) is 8.66. The molecule has 0 aliphatic rings. The van der Waals surface area contributed by atoms with Crippen molar-refractivity contribution in [3.8, 4) is 29.3 Å². The fourth-order valence-corrected chi connectivity index (χ4v) is 2.25. The van der Waals surface area contributed by atoms with Crippen molar-refractivity contribution in [2.45, 2.75) is 0 Å². The van der Waals surface area contributed by atoms with Crippen LogP contribution in [0.15, 0.2) is 59.6 Å². The van der Waals surface area contributed by atoms with Crippen LogP contribution in [0.2, 0.25) is 0 Å². The van der Waals surface area contributed by atoms with Crippen LogP contribution in [0.4, 0.5) is 5.69 Å². The van der Waals surface area contributed by atoms with Gasteiger partial charge in [0.25, 0.3) is 0 Å². The van der Waals surface area contributed by atoms with E-state index in [2.05, 4.69) is 15.0 Å². The van der Waals surface area contributed by atoms with Crippen molar-refractivity contribution in [2.24, 2.45) is 4.99 Å². The van der Waals surface area contributed by atoms with Gasteiger partial charge in [-0.25, -0.2) is 0 Å². The molecule has 138 valence electrons. The number of benzene rings is 2. The summed E-state index contributed by atoms with van der Waals surface area (Å²) in [6, 6.07) is 16.6. The molecule has 0 N–H and O–H groups in total. The first-order valence-corrected chi connectivity index (χ1v) is 8.14. The number of aromatic nitrogens is 2. The van der Waals surface area contributed by atoms with E-state index in [-0.39, 0.29) is 6.01 Å². The van der Waals surface area contributed by atoms with Gasteiger partial charge >= 0.3 is 6.01 Å². The topological polar surface area (TPSA) is 75.1 Å². The number of para-hydroxylation sites is 1. The van der Waals surface area contributed by atoms with Crippen LogP contribution in [-0.2, 0) is 0 Å². The Bertz CT molecular complexity index is 922. The SMILES string of the molecule is COc1cccc(/N=C\c2ccccc2Oc2nc(OC)cc(OC)n2)c1. The monoisotopic (exact) mass is 365 g/mol. The van der Waals surface area contributed by atoms with Crippen molar-refractivity contribution in [1.29, 1.82) is 0 Å². The van der Waals surface area contributed by atoms with Gasteiger partial charge in [-0.1, -0.05) is 18.2 Å². The minimum Gasteiger partial charge on any atom is -0.497 e. The molecule has 7 heteroatoms. The minimum atomic E-state index is 0.119. The standard InChI is InChI=1S/C20H19N3O4/c1-24-16-9-6-8-15(11-16)21-13-14-7-4-5-10-17(14)27-20-22-18(25-2)12-19(23-20)26-3/h4-13H,1-3H3/b21-13-. The van der Waals surface area contributed by atoms with Gasteiger partial charge in [0, 0.05) is 17.8 Å². The summed E-state index contributed by atoms with van der Waals surface area (Å²) in [4.78, 5) is 12.8. The normalized spacial score (nSPS) is 10.6. The molecule has 27 heavy (non-hydrogen) atoms. The predicted octanol–water partition coefficient (Wildman–Crippen LogP) is 4.05. The van der Waals surface area contributed by atoms with Crippen LogP contribution >= 0.6 is 0 Å². The average molecular weight is 365 g/mol. The molecule has 2 aromatic carbocycles. The van der Waals surface area contributed by atoms with Crippen molar-refractivity contribution in [1.82, 2.24) is 9.97 Å². The fraction of sp³-hybridized carbons (Fsp3) is 0.150. The fourth-order valence-electron chi connectivity index (χ4n) is 2.25. The second-order valence-corrected chi connectivity index (χ2v) is 5.33. The molecular weight excluding hydrogens is 346 g/mol. The Morgan fingerprint density at radius 3 is 2.26 bits per heavy atom.